The first-order chi connectivity index (χ1) is 3.39. The van der Waals surface area contributed by atoms with E-state index in [1.807, 2.05) is 0 Å². The van der Waals surface area contributed by atoms with Crippen molar-refractivity contribution in [1.82, 2.24) is 0 Å². The third kappa shape index (κ3) is 3.07. The predicted octanol–water partition coefficient (Wildman–Crippen LogP) is 1.36. The molecule has 0 aliphatic rings. The topological polar surface area (TPSA) is 58.9 Å². The van der Waals surface area contributed by atoms with Crippen molar-refractivity contribution in [1.29, 1.82) is 0 Å². The van der Waals surface area contributed by atoms with E-state index in [-0.39, 0.29) is 0 Å². The standard InChI is InChI=1S/2CH3.ClH.2H2O2.Sb/c;;;2*1-2;/h2*1H3;1H;2*1-2H;/q;;;;;+3/p-3. The van der Waals surface area contributed by atoms with Gasteiger partial charge in [0.15, 0.2) is 0 Å². The molecule has 0 rings (SSSR count). The fraction of sp³-hybridized carbons (Fsp3) is 1.00. The van der Waals surface area contributed by atoms with Crippen molar-refractivity contribution < 1.29 is 16.8 Å². The van der Waals surface area contributed by atoms with Crippen LogP contribution in [0.1, 0.15) is 0 Å². The molecule has 0 aliphatic heterocycles. The van der Waals surface area contributed by atoms with Crippen LogP contribution in [0, 0.1) is 0 Å². The van der Waals surface area contributed by atoms with Gasteiger partial charge < -0.3 is 0 Å². The van der Waals surface area contributed by atoms with E-state index in [1.165, 1.54) is 9.74 Å². The fourth-order valence-electron chi connectivity index (χ4n) is 0.0149. The van der Waals surface area contributed by atoms with Crippen LogP contribution in [0.25, 0.3) is 0 Å². The molecule has 0 atom stereocenters. The monoisotopic (exact) mass is 252 g/mol. The molecule has 0 spiro atoms. The first-order valence-corrected chi connectivity index (χ1v) is 12.2. The van der Waals surface area contributed by atoms with E-state index in [2.05, 4.69) is 6.33 Å². The molecule has 0 fully saturated rings. The molecule has 6 heteroatoms. The van der Waals surface area contributed by atoms with Crippen molar-refractivity contribution >= 4 is 25.9 Å². The second-order valence-corrected chi connectivity index (χ2v) is 19.1. The predicted molar refractivity (Wildman–Crippen MR) is 30.8 cm³/mol. The van der Waals surface area contributed by atoms with Gasteiger partial charge in [-0.2, -0.15) is 0 Å². The van der Waals surface area contributed by atoms with Crippen LogP contribution >= 0.6 is 8.83 Å². The summed E-state index contributed by atoms with van der Waals surface area (Å²) >= 11 is -4.22. The molecule has 0 amide bonds. The molecule has 0 saturated heterocycles. The summed E-state index contributed by atoms with van der Waals surface area (Å²) in [5.41, 5.74) is 0. The zero-order valence-electron chi connectivity index (χ0n) is 4.54. The van der Waals surface area contributed by atoms with E-state index < -0.39 is 17.1 Å². The van der Waals surface area contributed by atoms with Crippen molar-refractivity contribution in [2.45, 2.75) is 9.74 Å². The summed E-state index contributed by atoms with van der Waals surface area (Å²) in [4.78, 5) is 2.68. The first-order valence-electron chi connectivity index (χ1n) is 1.79. The van der Waals surface area contributed by atoms with Gasteiger partial charge in [0, 0.05) is 0 Å². The maximum atomic E-state index is 8.03. The summed E-state index contributed by atoms with van der Waals surface area (Å²) in [6.07, 6.45) is 0. The van der Waals surface area contributed by atoms with Crippen molar-refractivity contribution in [3.8, 4) is 0 Å². The molecule has 0 heterocycles. The van der Waals surface area contributed by atoms with E-state index >= 15 is 0 Å². The SMILES string of the molecule is [CH3][Sb]([CH3])([Cl])([O]O)[O]O. The van der Waals surface area contributed by atoms with Gasteiger partial charge in [-0.25, -0.2) is 0 Å². The molecular formula is C2H8ClO4Sb. The Balaban J connectivity index is 3.99. The Morgan fingerprint density at radius 2 is 1.50 bits per heavy atom. The van der Waals surface area contributed by atoms with Crippen LogP contribution in [0.15, 0.2) is 0 Å². The summed E-state index contributed by atoms with van der Waals surface area (Å²) in [5.74, 6) is 0. The molecule has 0 unspecified atom stereocenters. The third-order valence-corrected chi connectivity index (χ3v) is 3.88. The molecule has 8 heavy (non-hydrogen) atoms. The van der Waals surface area contributed by atoms with Crippen LogP contribution in [0.5, 0.6) is 0 Å². The quantitative estimate of drug-likeness (QED) is 0.443. The summed E-state index contributed by atoms with van der Waals surface area (Å²) in [6, 6.07) is 0. The Hall–Kier alpha value is 0.948. The van der Waals surface area contributed by atoms with Gasteiger partial charge in [-0.15, -0.1) is 0 Å². The van der Waals surface area contributed by atoms with Gasteiger partial charge in [0.05, 0.1) is 0 Å². The Kier molecular flexibility index (Phi) is 2.56. The zero-order chi connectivity index (χ0) is 6.86. The number of hydrogen-bond donors (Lipinski definition) is 2. The molecule has 0 aromatic carbocycles. The van der Waals surface area contributed by atoms with Crippen molar-refractivity contribution in [3.05, 3.63) is 0 Å². The van der Waals surface area contributed by atoms with E-state index in [9.17, 15) is 0 Å². The van der Waals surface area contributed by atoms with Crippen LogP contribution in [0.3, 0.4) is 0 Å². The van der Waals surface area contributed by atoms with Crippen molar-refractivity contribution in [3.63, 3.8) is 0 Å². The number of rotatable bonds is 2. The molecule has 0 aromatic rings. The van der Waals surface area contributed by atoms with Crippen molar-refractivity contribution in [2.75, 3.05) is 0 Å². The molecule has 0 aliphatic carbocycles. The molecule has 4 nitrogen and oxygen atoms in total. The van der Waals surface area contributed by atoms with Gasteiger partial charge in [0.1, 0.15) is 0 Å². The summed E-state index contributed by atoms with van der Waals surface area (Å²) in [6.45, 7) is 0. The average molecular weight is 253 g/mol. The zero-order valence-corrected chi connectivity index (χ0v) is 7.84. The van der Waals surface area contributed by atoms with Crippen LogP contribution in [0.2, 0.25) is 9.74 Å². The van der Waals surface area contributed by atoms with Crippen LogP contribution in [-0.2, 0) is 6.33 Å². The van der Waals surface area contributed by atoms with Gasteiger partial charge in [0.2, 0.25) is 0 Å². The molecule has 52 valence electrons. The third-order valence-electron chi connectivity index (χ3n) is 0.455. The Morgan fingerprint density at radius 3 is 1.50 bits per heavy atom. The maximum absolute atomic E-state index is 8.03. The number of hydrogen-bond acceptors (Lipinski definition) is 4. The summed E-state index contributed by atoms with van der Waals surface area (Å²) in [5, 5.41) is 16.1. The molecule has 0 aromatic heterocycles. The molecule has 2 N–H and O–H groups in total. The molecule has 0 saturated carbocycles. The van der Waals surface area contributed by atoms with E-state index in [0.717, 1.165) is 0 Å². The minimum absolute atomic E-state index is 1.34. The summed E-state index contributed by atoms with van der Waals surface area (Å²) < 4.78 is 7.54. The van der Waals surface area contributed by atoms with Gasteiger partial charge in [-0.3, -0.25) is 0 Å². The number of halogens is 1. The molecule has 0 bridgehead atoms. The summed E-state index contributed by atoms with van der Waals surface area (Å²) in [7, 11) is 5.42. The van der Waals surface area contributed by atoms with E-state index in [1.54, 1.807) is 0 Å². The van der Waals surface area contributed by atoms with Gasteiger partial charge in [-0.1, -0.05) is 0 Å². The minimum atomic E-state index is -4.22. The van der Waals surface area contributed by atoms with Crippen molar-refractivity contribution in [2.24, 2.45) is 0 Å². The first kappa shape index (κ1) is 8.95. The van der Waals surface area contributed by atoms with E-state index in [4.69, 9.17) is 19.3 Å². The van der Waals surface area contributed by atoms with Gasteiger partial charge in [-0.05, 0) is 0 Å². The fourth-order valence-corrected chi connectivity index (χ4v) is 0.100. The average Bonchev–Trinajstić information content (AvgIpc) is 1.68. The Labute approximate surface area is 52.7 Å². The second-order valence-electron chi connectivity index (χ2n) is 1.89. The van der Waals surface area contributed by atoms with Gasteiger partial charge in [0.25, 0.3) is 0 Å². The molecule has 0 radical (unpaired) electrons. The molecular weight excluding hydrogens is 245 g/mol. The van der Waals surface area contributed by atoms with Crippen LogP contribution in [0.4, 0.5) is 0 Å². The Bertz CT molecular complexity index is 77.8. The second kappa shape index (κ2) is 2.29. The normalized spacial score (nSPS) is 17.4. The van der Waals surface area contributed by atoms with Gasteiger partial charge >= 0.3 is 52.5 Å². The van der Waals surface area contributed by atoms with Crippen LogP contribution < -0.4 is 0 Å². The Morgan fingerprint density at radius 1 is 1.25 bits per heavy atom. The van der Waals surface area contributed by atoms with Crippen LogP contribution in [-0.4, -0.2) is 27.6 Å². The van der Waals surface area contributed by atoms with E-state index in [0.29, 0.717) is 0 Å².